The van der Waals surface area contributed by atoms with Gasteiger partial charge in [0.15, 0.2) is 0 Å². The van der Waals surface area contributed by atoms with Gasteiger partial charge in [-0.2, -0.15) is 0 Å². The summed E-state index contributed by atoms with van der Waals surface area (Å²) in [6.07, 6.45) is 1.05. The molecule has 2 aromatic rings. The van der Waals surface area contributed by atoms with Gasteiger partial charge >= 0.3 is 0 Å². The van der Waals surface area contributed by atoms with E-state index in [4.69, 9.17) is 9.47 Å². The zero-order valence-corrected chi connectivity index (χ0v) is 13.6. The highest BCUT2D eigenvalue weighted by Gasteiger charge is 2.15. The second-order valence-electron chi connectivity index (χ2n) is 4.57. The highest BCUT2D eigenvalue weighted by atomic mass is 79.9. The fraction of sp³-hybridized carbons (Fsp3) is 0.294. The quantitative estimate of drug-likeness (QED) is 0.734. The van der Waals surface area contributed by atoms with Gasteiger partial charge in [-0.05, 0) is 23.6 Å². The van der Waals surface area contributed by atoms with Crippen LogP contribution in [0, 0.1) is 0 Å². The van der Waals surface area contributed by atoms with Crippen molar-refractivity contribution in [3.63, 3.8) is 0 Å². The number of halogens is 1. The van der Waals surface area contributed by atoms with Crippen LogP contribution in [-0.2, 0) is 6.42 Å². The molecule has 0 N–H and O–H groups in total. The van der Waals surface area contributed by atoms with E-state index >= 15 is 0 Å². The summed E-state index contributed by atoms with van der Waals surface area (Å²) in [7, 11) is 3.34. The summed E-state index contributed by atoms with van der Waals surface area (Å²) in [5, 5.41) is 0. The van der Waals surface area contributed by atoms with Gasteiger partial charge in [-0.25, -0.2) is 0 Å². The fourth-order valence-electron chi connectivity index (χ4n) is 2.13. The Morgan fingerprint density at radius 2 is 1.70 bits per heavy atom. The van der Waals surface area contributed by atoms with E-state index in [-0.39, 0.29) is 4.83 Å². The average Bonchev–Trinajstić information content (AvgIpc) is 2.53. The van der Waals surface area contributed by atoms with Crippen molar-refractivity contribution in [3.8, 4) is 11.5 Å². The predicted octanol–water partition coefficient (Wildman–Crippen LogP) is 4.75. The molecule has 2 nitrogen and oxygen atoms in total. The fourth-order valence-corrected chi connectivity index (χ4v) is 2.81. The van der Waals surface area contributed by atoms with Crippen LogP contribution in [0.2, 0.25) is 0 Å². The van der Waals surface area contributed by atoms with Gasteiger partial charge in [0.05, 0.1) is 19.0 Å². The number of aryl methyl sites for hydroxylation is 1. The smallest absolute Gasteiger partial charge is 0.127 e. The first-order valence-corrected chi connectivity index (χ1v) is 7.56. The third kappa shape index (κ3) is 3.15. The van der Waals surface area contributed by atoms with Crippen molar-refractivity contribution in [1.29, 1.82) is 0 Å². The highest BCUT2D eigenvalue weighted by molar-refractivity contribution is 9.09. The lowest BCUT2D eigenvalue weighted by atomic mass is 10.0. The van der Waals surface area contributed by atoms with Crippen molar-refractivity contribution in [2.75, 3.05) is 14.2 Å². The highest BCUT2D eigenvalue weighted by Crippen LogP contribution is 2.38. The Hall–Kier alpha value is -1.48. The molecule has 2 aromatic carbocycles. The largest absolute Gasteiger partial charge is 0.497 e. The molecule has 0 saturated heterocycles. The van der Waals surface area contributed by atoms with Crippen molar-refractivity contribution in [3.05, 3.63) is 59.2 Å². The number of ether oxygens (including phenoxy) is 2. The van der Waals surface area contributed by atoms with Crippen LogP contribution in [0.5, 0.6) is 11.5 Å². The molecule has 106 valence electrons. The van der Waals surface area contributed by atoms with E-state index in [1.165, 1.54) is 11.1 Å². The molecule has 20 heavy (non-hydrogen) atoms. The lowest BCUT2D eigenvalue weighted by Crippen LogP contribution is -1.98. The van der Waals surface area contributed by atoms with Crippen LogP contribution in [0.25, 0.3) is 0 Å². The summed E-state index contributed by atoms with van der Waals surface area (Å²) in [4.78, 5) is 0.106. The molecule has 0 aliphatic carbocycles. The summed E-state index contributed by atoms with van der Waals surface area (Å²) in [6, 6.07) is 14.5. The molecule has 1 unspecified atom stereocenters. The standard InChI is InChI=1S/C17H19BrO2/c1-4-12-5-7-13(8-6-12)17(18)15-10-9-14(19-2)11-16(15)20-3/h5-11,17H,4H2,1-3H3. The van der Waals surface area contributed by atoms with E-state index in [1.807, 2.05) is 18.2 Å². The summed E-state index contributed by atoms with van der Waals surface area (Å²) < 4.78 is 10.7. The minimum atomic E-state index is 0.106. The normalized spacial score (nSPS) is 12.0. The Morgan fingerprint density at radius 3 is 2.25 bits per heavy atom. The lowest BCUT2D eigenvalue weighted by molar-refractivity contribution is 0.391. The Morgan fingerprint density at radius 1 is 1.00 bits per heavy atom. The van der Waals surface area contributed by atoms with Crippen molar-refractivity contribution >= 4 is 15.9 Å². The van der Waals surface area contributed by atoms with E-state index in [1.54, 1.807) is 14.2 Å². The molecule has 1 atom stereocenters. The molecule has 2 rings (SSSR count). The number of benzene rings is 2. The second kappa shape index (κ2) is 6.80. The molecule has 3 heteroatoms. The molecule has 0 fully saturated rings. The zero-order chi connectivity index (χ0) is 14.5. The summed E-state index contributed by atoms with van der Waals surface area (Å²) in [6.45, 7) is 2.16. The zero-order valence-electron chi connectivity index (χ0n) is 12.0. The van der Waals surface area contributed by atoms with Crippen LogP contribution >= 0.6 is 15.9 Å². The topological polar surface area (TPSA) is 18.5 Å². The number of hydrogen-bond donors (Lipinski definition) is 0. The maximum Gasteiger partial charge on any atom is 0.127 e. The Labute approximate surface area is 128 Å². The Bertz CT molecular complexity index is 564. The molecule has 0 radical (unpaired) electrons. The van der Waals surface area contributed by atoms with Gasteiger partial charge in [-0.1, -0.05) is 53.2 Å². The summed E-state index contributed by atoms with van der Waals surface area (Å²) in [5.74, 6) is 1.62. The van der Waals surface area contributed by atoms with E-state index < -0.39 is 0 Å². The van der Waals surface area contributed by atoms with Gasteiger partial charge in [0.1, 0.15) is 11.5 Å². The van der Waals surface area contributed by atoms with Crippen LogP contribution in [0.15, 0.2) is 42.5 Å². The van der Waals surface area contributed by atoms with E-state index in [2.05, 4.69) is 47.1 Å². The van der Waals surface area contributed by atoms with Crippen LogP contribution in [0.3, 0.4) is 0 Å². The van der Waals surface area contributed by atoms with Gasteiger partial charge in [0, 0.05) is 11.6 Å². The average molecular weight is 335 g/mol. The van der Waals surface area contributed by atoms with Gasteiger partial charge in [-0.3, -0.25) is 0 Å². The van der Waals surface area contributed by atoms with Crippen LogP contribution < -0.4 is 9.47 Å². The third-order valence-corrected chi connectivity index (χ3v) is 4.42. The molecule has 0 saturated carbocycles. The predicted molar refractivity (Wildman–Crippen MR) is 86.1 cm³/mol. The van der Waals surface area contributed by atoms with Crippen molar-refractivity contribution in [1.82, 2.24) is 0 Å². The maximum atomic E-state index is 5.47. The molecule has 0 bridgehead atoms. The Balaban J connectivity index is 2.33. The van der Waals surface area contributed by atoms with Gasteiger partial charge in [0.25, 0.3) is 0 Å². The number of hydrogen-bond acceptors (Lipinski definition) is 2. The maximum absolute atomic E-state index is 5.47. The van der Waals surface area contributed by atoms with E-state index in [0.717, 1.165) is 23.5 Å². The summed E-state index contributed by atoms with van der Waals surface area (Å²) in [5.41, 5.74) is 3.65. The lowest BCUT2D eigenvalue weighted by Gasteiger charge is -2.16. The van der Waals surface area contributed by atoms with Crippen LogP contribution in [0.1, 0.15) is 28.4 Å². The second-order valence-corrected chi connectivity index (χ2v) is 5.48. The monoisotopic (exact) mass is 334 g/mol. The first-order valence-electron chi connectivity index (χ1n) is 6.64. The van der Waals surface area contributed by atoms with E-state index in [9.17, 15) is 0 Å². The first-order chi connectivity index (χ1) is 9.69. The molecule has 0 spiro atoms. The molecular formula is C17H19BrO2. The van der Waals surface area contributed by atoms with E-state index in [0.29, 0.717) is 0 Å². The molecule has 0 amide bonds. The summed E-state index contributed by atoms with van der Waals surface area (Å²) >= 11 is 3.76. The van der Waals surface area contributed by atoms with Crippen molar-refractivity contribution in [2.45, 2.75) is 18.2 Å². The van der Waals surface area contributed by atoms with Crippen molar-refractivity contribution < 1.29 is 9.47 Å². The minimum Gasteiger partial charge on any atom is -0.497 e. The number of methoxy groups -OCH3 is 2. The first kappa shape index (κ1) is 14.9. The molecular weight excluding hydrogens is 316 g/mol. The number of rotatable bonds is 5. The minimum absolute atomic E-state index is 0.106. The van der Waals surface area contributed by atoms with Gasteiger partial charge < -0.3 is 9.47 Å². The molecule has 0 aliphatic rings. The third-order valence-electron chi connectivity index (χ3n) is 3.39. The van der Waals surface area contributed by atoms with Crippen molar-refractivity contribution in [2.24, 2.45) is 0 Å². The molecule has 0 aromatic heterocycles. The van der Waals surface area contributed by atoms with Crippen LogP contribution in [0.4, 0.5) is 0 Å². The molecule has 0 heterocycles. The molecule has 0 aliphatic heterocycles. The number of alkyl halides is 1. The SMILES string of the molecule is CCc1ccc(C(Br)c2ccc(OC)cc2OC)cc1. The van der Waals surface area contributed by atoms with Gasteiger partial charge in [-0.15, -0.1) is 0 Å². The van der Waals surface area contributed by atoms with Crippen LogP contribution in [-0.4, -0.2) is 14.2 Å². The Kier molecular flexibility index (Phi) is 5.07. The van der Waals surface area contributed by atoms with Gasteiger partial charge in [0.2, 0.25) is 0 Å².